The number of thioether (sulfide) groups is 1. The average Bonchev–Trinajstić information content (AvgIpc) is 3.22. The number of methoxy groups -OCH3 is 2. The number of halogens is 2. The zero-order chi connectivity index (χ0) is 46.4. The van der Waals surface area contributed by atoms with E-state index >= 15 is 0 Å². The number of carbonyl (C=O) groups excluding carboxylic acids is 2. The van der Waals surface area contributed by atoms with Crippen molar-refractivity contribution in [2.75, 3.05) is 66.6 Å². The molecular weight excluding hydrogens is 863 g/mol. The fourth-order valence-electron chi connectivity index (χ4n) is 4.62. The van der Waals surface area contributed by atoms with Gasteiger partial charge in [-0.3, -0.25) is 30.0 Å². The van der Waals surface area contributed by atoms with Crippen LogP contribution in [0.1, 0.15) is 29.4 Å². The van der Waals surface area contributed by atoms with E-state index in [9.17, 15) is 38.2 Å². The summed E-state index contributed by atoms with van der Waals surface area (Å²) in [6.45, 7) is 3.00. The van der Waals surface area contributed by atoms with Crippen LogP contribution in [0.25, 0.3) is 0 Å². The molecule has 0 radical (unpaired) electrons. The Balaban J connectivity index is 0.00000107. The minimum Gasteiger partial charge on any atom is -0.497 e. The summed E-state index contributed by atoms with van der Waals surface area (Å²) < 4.78 is 54.1. The average molecular weight is 911 g/mol. The summed E-state index contributed by atoms with van der Waals surface area (Å²) in [6.07, 6.45) is 0.750. The summed E-state index contributed by atoms with van der Waals surface area (Å²) in [4.78, 5) is 63.7. The van der Waals surface area contributed by atoms with E-state index < -0.39 is 60.0 Å². The summed E-state index contributed by atoms with van der Waals surface area (Å²) in [5, 5.41) is 22.7. The first-order chi connectivity index (χ1) is 28.9. The van der Waals surface area contributed by atoms with E-state index in [2.05, 4.69) is 19.9 Å². The number of nitro groups is 2. The van der Waals surface area contributed by atoms with Crippen LogP contribution in [0.5, 0.6) is 11.5 Å². The fraction of sp³-hybridized carbons (Fsp3) is 0.333. The number of carbonyl (C=O) groups is 2. The van der Waals surface area contributed by atoms with Crippen molar-refractivity contribution in [2.45, 2.75) is 37.2 Å². The predicted molar refractivity (Wildman–Crippen MR) is 224 cm³/mol. The summed E-state index contributed by atoms with van der Waals surface area (Å²) in [5.41, 5.74) is 11.2. The zero-order valence-corrected chi connectivity index (χ0v) is 35.5. The van der Waals surface area contributed by atoms with Crippen LogP contribution in [0.2, 0.25) is 0 Å². The molecule has 0 saturated carbocycles. The lowest BCUT2D eigenvalue weighted by Gasteiger charge is -2.21. The van der Waals surface area contributed by atoms with Crippen LogP contribution in [0, 0.1) is 20.2 Å². The number of sulfone groups is 1. The molecule has 59 heavy (non-hydrogen) atoms. The number of benzene rings is 2. The Morgan fingerprint density at radius 2 is 1.22 bits per heavy atom. The number of nitrogens with two attached hydrogens (primary N) is 2. The second-order valence-electron chi connectivity index (χ2n) is 11.0. The lowest BCUT2D eigenvalue weighted by Crippen LogP contribution is -2.33. The SMILES string of the molecule is CCOC(=O)N(Cc1cccc(OC)c1)c1nc(S(C)(=O)=O)nc(N)c1[N+](=O)[O-].CCOC(=O)N(Cc1cccc(OC)c1)c1nc(SC)nc(N)c1[N+](=O)[O-].ClCCl.[2HH].[2H][2H]. The van der Waals surface area contributed by atoms with Crippen molar-refractivity contribution in [3.05, 3.63) is 79.9 Å². The Kier molecular flexibility index (Phi) is 18.8. The van der Waals surface area contributed by atoms with Crippen LogP contribution in [0.4, 0.5) is 44.2 Å². The molecule has 324 valence electrons. The molecular formula is C33H44Cl2N10O12S2. The van der Waals surface area contributed by atoms with Gasteiger partial charge in [-0.05, 0) is 55.5 Å². The molecule has 4 rings (SSSR count). The van der Waals surface area contributed by atoms with Gasteiger partial charge in [0.05, 0.1) is 55.7 Å². The van der Waals surface area contributed by atoms with Gasteiger partial charge < -0.3 is 30.4 Å². The van der Waals surface area contributed by atoms with Gasteiger partial charge in [-0.1, -0.05) is 36.0 Å². The molecule has 0 saturated heterocycles. The Morgan fingerprint density at radius 3 is 1.58 bits per heavy atom. The number of alkyl halides is 2. The predicted octanol–water partition coefficient (Wildman–Crippen LogP) is 6.32. The fourth-order valence-corrected chi connectivity index (χ4v) is 5.51. The lowest BCUT2D eigenvalue weighted by molar-refractivity contribution is -0.383. The van der Waals surface area contributed by atoms with Gasteiger partial charge in [-0.25, -0.2) is 18.0 Å². The standard InChI is InChI=1S/C16H19N5O7S.C16H19N5O5S.CH2Cl2.2H2/c1-4-28-16(22)20(9-10-6-5-7-11(8-10)27-2)14-12(21(23)24)13(17)18-15(19-14)29(3,25)26;1-4-26-16(22)20(9-10-6-5-7-11(8-10)25-2)14-12(21(23)24)13(17)18-15(19-14)27-3;2-1-3;;/h5-8H,4,9H2,1-3H3,(H2,17,18,19);5-8H,4,9H2,1-3H3,(H2,17,18,19);1H2;2*1H/i;;;1+1D;1+1. The number of hydrogen-bond acceptors (Lipinski definition) is 19. The first-order valence-corrected chi connectivity index (χ1v) is 20.7. The molecule has 0 unspecified atom stereocenters. The largest absolute Gasteiger partial charge is 0.497 e. The molecule has 0 bridgehead atoms. The molecule has 0 aliphatic rings. The van der Waals surface area contributed by atoms with Crippen LogP contribution in [0.15, 0.2) is 58.8 Å². The monoisotopic (exact) mass is 909 g/mol. The summed E-state index contributed by atoms with van der Waals surface area (Å²) in [6, 6.07) is 13.5. The third-order valence-corrected chi connectivity index (χ3v) is 8.45. The highest BCUT2D eigenvalue weighted by Crippen LogP contribution is 2.35. The third-order valence-electron chi connectivity index (χ3n) is 7.06. The first kappa shape index (κ1) is 47.4. The van der Waals surface area contributed by atoms with E-state index in [0.717, 1.165) is 27.8 Å². The number of amides is 2. The van der Waals surface area contributed by atoms with Gasteiger partial charge >= 0.3 is 23.6 Å². The van der Waals surface area contributed by atoms with Gasteiger partial charge in [-0.15, -0.1) is 23.2 Å². The van der Waals surface area contributed by atoms with Gasteiger partial charge in [-0.2, -0.15) is 19.9 Å². The molecule has 0 atom stereocenters. The lowest BCUT2D eigenvalue weighted by atomic mass is 10.2. The normalized spacial score (nSPS) is 10.6. The van der Waals surface area contributed by atoms with Gasteiger partial charge in [0.15, 0.2) is 5.16 Å². The third kappa shape index (κ3) is 14.1. The Labute approximate surface area is 356 Å². The van der Waals surface area contributed by atoms with Crippen molar-refractivity contribution in [1.29, 1.82) is 0 Å². The number of anilines is 4. The molecule has 26 heteroatoms. The van der Waals surface area contributed by atoms with Gasteiger partial charge in [0.25, 0.3) is 5.16 Å². The van der Waals surface area contributed by atoms with E-state index in [0.29, 0.717) is 22.6 Å². The number of hydrogen-bond donors (Lipinski definition) is 2. The maximum Gasteiger partial charge on any atom is 0.415 e. The molecule has 2 amide bonds. The van der Waals surface area contributed by atoms with Crippen molar-refractivity contribution in [2.24, 2.45) is 0 Å². The molecule has 2 aromatic heterocycles. The highest BCUT2D eigenvalue weighted by Gasteiger charge is 2.34. The number of ether oxygens (including phenoxy) is 4. The van der Waals surface area contributed by atoms with Gasteiger partial charge in [0.2, 0.25) is 33.1 Å². The minimum absolute atomic E-state index is 0. The highest BCUT2D eigenvalue weighted by molar-refractivity contribution is 7.98. The number of rotatable bonds is 14. The quantitative estimate of drug-likeness (QED) is 0.0460. The molecule has 0 aliphatic carbocycles. The summed E-state index contributed by atoms with van der Waals surface area (Å²) >= 11 is 10.7. The maximum atomic E-state index is 12.5. The van der Waals surface area contributed by atoms with Crippen molar-refractivity contribution >= 4 is 91.6 Å². The second kappa shape index (κ2) is 23.4. The Bertz CT molecular complexity index is 2240. The van der Waals surface area contributed by atoms with E-state index in [1.54, 1.807) is 68.6 Å². The summed E-state index contributed by atoms with van der Waals surface area (Å²) in [7, 11) is -0.997. The number of aromatic nitrogens is 4. The zero-order valence-electron chi connectivity index (χ0n) is 34.4. The van der Waals surface area contributed by atoms with Crippen LogP contribution in [-0.4, -0.2) is 95.7 Å². The molecule has 4 N–H and O–H groups in total. The van der Waals surface area contributed by atoms with Gasteiger partial charge in [0.1, 0.15) is 11.5 Å². The maximum absolute atomic E-state index is 12.5. The molecule has 0 spiro atoms. The van der Waals surface area contributed by atoms with Crippen LogP contribution in [0.3, 0.4) is 0 Å². The Morgan fingerprint density at radius 1 is 0.814 bits per heavy atom. The number of nitrogen functional groups attached to an aromatic ring is 2. The van der Waals surface area contributed by atoms with Crippen LogP contribution >= 0.6 is 35.0 Å². The first-order valence-electron chi connectivity index (χ1n) is 17.5. The molecule has 0 fully saturated rings. The second-order valence-corrected chi connectivity index (χ2v) is 14.5. The van der Waals surface area contributed by atoms with Crippen LogP contribution < -0.4 is 30.7 Å². The van der Waals surface area contributed by atoms with Gasteiger partial charge in [0, 0.05) is 10.7 Å². The highest BCUT2D eigenvalue weighted by atomic mass is 35.5. The van der Waals surface area contributed by atoms with Crippen molar-refractivity contribution in [1.82, 2.24) is 19.9 Å². The van der Waals surface area contributed by atoms with E-state index in [-0.39, 0.29) is 49.9 Å². The topological polar surface area (TPSA) is 302 Å². The van der Waals surface area contributed by atoms with E-state index in [4.69, 9.17) is 56.6 Å². The molecule has 4 aromatic rings. The summed E-state index contributed by atoms with van der Waals surface area (Å²) in [5.74, 6) is -0.769. The van der Waals surface area contributed by atoms with Crippen molar-refractivity contribution < 1.29 is 51.2 Å². The molecule has 2 heterocycles. The van der Waals surface area contributed by atoms with Crippen molar-refractivity contribution in [3.8, 4) is 11.5 Å². The van der Waals surface area contributed by atoms with E-state index in [1.807, 2.05) is 0 Å². The van der Waals surface area contributed by atoms with Crippen LogP contribution in [-0.2, 0) is 32.4 Å². The van der Waals surface area contributed by atoms with Crippen molar-refractivity contribution in [3.63, 3.8) is 0 Å². The smallest absolute Gasteiger partial charge is 0.415 e. The van der Waals surface area contributed by atoms with E-state index in [1.165, 1.54) is 14.2 Å². The molecule has 22 nitrogen and oxygen atoms in total. The molecule has 0 aliphatic heterocycles. The Hall–Kier alpha value is -5.98. The number of nitrogens with zero attached hydrogens (tertiary/aromatic N) is 8. The molecule has 2 aromatic carbocycles. The minimum atomic E-state index is -3.97.